The summed E-state index contributed by atoms with van der Waals surface area (Å²) in [5, 5.41) is 3.79. The Bertz CT molecular complexity index is 981. The number of carbonyl (C=O) groups excluding carboxylic acids is 1. The zero-order valence-corrected chi connectivity index (χ0v) is 18.8. The Kier molecular flexibility index (Phi) is 8.46. The number of benzene rings is 1. The molecular weight excluding hydrogens is 412 g/mol. The van der Waals surface area contributed by atoms with E-state index in [2.05, 4.69) is 44.5 Å². The van der Waals surface area contributed by atoms with Crippen LogP contribution in [0.3, 0.4) is 0 Å². The van der Waals surface area contributed by atoms with Crippen molar-refractivity contribution in [3.63, 3.8) is 0 Å². The van der Waals surface area contributed by atoms with Crippen LogP contribution < -0.4 is 5.32 Å². The van der Waals surface area contributed by atoms with E-state index in [-0.39, 0.29) is 18.3 Å². The largest absolute Gasteiger partial charge is 0.385 e. The predicted molar refractivity (Wildman–Crippen MR) is 127 cm³/mol. The van der Waals surface area contributed by atoms with Crippen molar-refractivity contribution in [3.05, 3.63) is 53.9 Å². The summed E-state index contributed by atoms with van der Waals surface area (Å²) >= 11 is 0. The molecule has 3 aromatic rings. The van der Waals surface area contributed by atoms with Gasteiger partial charge in [-0.1, -0.05) is 30.7 Å². The molecule has 1 aliphatic rings. The number of piperidine rings is 1. The van der Waals surface area contributed by atoms with Crippen molar-refractivity contribution in [2.24, 2.45) is 0 Å². The molecule has 0 unspecified atom stereocenters. The van der Waals surface area contributed by atoms with Crippen molar-refractivity contribution in [3.8, 4) is 11.1 Å². The van der Waals surface area contributed by atoms with Gasteiger partial charge in [-0.05, 0) is 49.5 Å². The molecular formula is C24H31ClN4O2. The Labute approximate surface area is 189 Å². The SMILES string of the molecule is COCCCNC(=O)c1c[nH]c2ncc(-c3ccc(CN4CCCCC4)cc3)cc12.Cl. The fourth-order valence-corrected chi connectivity index (χ4v) is 4.04. The number of aromatic amines is 1. The fraction of sp³-hybridized carbons (Fsp3) is 0.417. The second-order valence-electron chi connectivity index (χ2n) is 7.96. The van der Waals surface area contributed by atoms with E-state index in [1.807, 2.05) is 12.3 Å². The summed E-state index contributed by atoms with van der Waals surface area (Å²) < 4.78 is 5.03. The van der Waals surface area contributed by atoms with Gasteiger partial charge in [-0.3, -0.25) is 9.69 Å². The van der Waals surface area contributed by atoms with Gasteiger partial charge in [-0.2, -0.15) is 0 Å². The highest BCUT2D eigenvalue weighted by Crippen LogP contribution is 2.25. The van der Waals surface area contributed by atoms with Gasteiger partial charge < -0.3 is 15.0 Å². The van der Waals surface area contributed by atoms with Crippen LogP contribution >= 0.6 is 12.4 Å². The minimum atomic E-state index is -0.0896. The van der Waals surface area contributed by atoms with Gasteiger partial charge in [-0.25, -0.2) is 4.98 Å². The van der Waals surface area contributed by atoms with E-state index in [0.717, 1.165) is 35.1 Å². The zero-order chi connectivity index (χ0) is 20.8. The van der Waals surface area contributed by atoms with Gasteiger partial charge in [0, 0.05) is 50.1 Å². The Morgan fingerprint density at radius 2 is 1.94 bits per heavy atom. The van der Waals surface area contributed by atoms with E-state index in [1.165, 1.54) is 37.9 Å². The third-order valence-corrected chi connectivity index (χ3v) is 5.73. The van der Waals surface area contributed by atoms with Crippen molar-refractivity contribution in [2.75, 3.05) is 33.4 Å². The summed E-state index contributed by atoms with van der Waals surface area (Å²) in [6, 6.07) is 10.8. The van der Waals surface area contributed by atoms with E-state index in [9.17, 15) is 4.79 Å². The standard InChI is InChI=1S/C24H30N4O2.ClH/c1-30-13-5-10-25-24(29)22-16-27-23-21(22)14-20(15-26-23)19-8-6-18(7-9-19)17-28-11-3-2-4-12-28;/h6-9,14-16H,2-5,10-13,17H2,1H3,(H,25,29)(H,26,27);1H. The van der Waals surface area contributed by atoms with Crippen LogP contribution in [0.15, 0.2) is 42.7 Å². The molecule has 0 spiro atoms. The molecule has 1 aliphatic heterocycles. The summed E-state index contributed by atoms with van der Waals surface area (Å²) in [6.07, 6.45) is 8.36. The van der Waals surface area contributed by atoms with Gasteiger partial charge in [0.1, 0.15) is 5.65 Å². The van der Waals surface area contributed by atoms with Crippen LogP contribution in [0.2, 0.25) is 0 Å². The Morgan fingerprint density at radius 1 is 1.16 bits per heavy atom. The molecule has 0 radical (unpaired) electrons. The number of H-pyrrole nitrogens is 1. The molecule has 31 heavy (non-hydrogen) atoms. The monoisotopic (exact) mass is 442 g/mol. The van der Waals surface area contributed by atoms with E-state index < -0.39 is 0 Å². The van der Waals surface area contributed by atoms with E-state index >= 15 is 0 Å². The van der Waals surface area contributed by atoms with E-state index in [1.54, 1.807) is 13.3 Å². The summed E-state index contributed by atoms with van der Waals surface area (Å²) in [5.74, 6) is -0.0896. The number of ether oxygens (including phenoxy) is 1. The third kappa shape index (κ3) is 5.85. The summed E-state index contributed by atoms with van der Waals surface area (Å²) in [7, 11) is 1.66. The first-order valence-electron chi connectivity index (χ1n) is 10.8. The topological polar surface area (TPSA) is 70.2 Å². The van der Waals surface area contributed by atoms with Crippen molar-refractivity contribution in [2.45, 2.75) is 32.2 Å². The number of nitrogens with zero attached hydrogens (tertiary/aromatic N) is 2. The lowest BCUT2D eigenvalue weighted by Gasteiger charge is -2.26. The summed E-state index contributed by atoms with van der Waals surface area (Å²) in [5.41, 5.74) is 4.81. The Balaban J connectivity index is 0.00000272. The highest BCUT2D eigenvalue weighted by Gasteiger charge is 2.14. The molecule has 166 valence electrons. The highest BCUT2D eigenvalue weighted by atomic mass is 35.5. The maximum absolute atomic E-state index is 12.6. The number of fused-ring (bicyclic) bond motifs is 1. The molecule has 0 aliphatic carbocycles. The maximum atomic E-state index is 12.6. The number of aromatic nitrogens is 2. The van der Waals surface area contributed by atoms with E-state index in [4.69, 9.17) is 4.74 Å². The molecule has 1 amide bonds. The first-order chi connectivity index (χ1) is 14.7. The molecule has 4 rings (SSSR count). The fourth-order valence-electron chi connectivity index (χ4n) is 4.04. The number of carbonyl (C=O) groups is 1. The van der Waals surface area contributed by atoms with Gasteiger partial charge in [0.15, 0.2) is 0 Å². The van der Waals surface area contributed by atoms with Crippen molar-refractivity contribution >= 4 is 29.3 Å². The third-order valence-electron chi connectivity index (χ3n) is 5.73. The molecule has 0 bridgehead atoms. The molecule has 2 aromatic heterocycles. The minimum absolute atomic E-state index is 0. The van der Waals surface area contributed by atoms with Crippen LogP contribution in [-0.4, -0.2) is 54.1 Å². The molecule has 0 saturated carbocycles. The van der Waals surface area contributed by atoms with Crippen LogP contribution in [-0.2, 0) is 11.3 Å². The molecule has 1 fully saturated rings. The Morgan fingerprint density at radius 3 is 2.68 bits per heavy atom. The molecule has 1 saturated heterocycles. The van der Waals surface area contributed by atoms with Gasteiger partial charge in [0.2, 0.25) is 0 Å². The molecule has 2 N–H and O–H groups in total. The van der Waals surface area contributed by atoms with Crippen LogP contribution in [0.4, 0.5) is 0 Å². The molecule has 7 heteroatoms. The van der Waals surface area contributed by atoms with Gasteiger partial charge in [-0.15, -0.1) is 12.4 Å². The average Bonchev–Trinajstić information content (AvgIpc) is 3.21. The number of likely N-dealkylation sites (tertiary alicyclic amines) is 1. The minimum Gasteiger partial charge on any atom is -0.385 e. The number of hydrogen-bond acceptors (Lipinski definition) is 4. The van der Waals surface area contributed by atoms with Crippen molar-refractivity contribution < 1.29 is 9.53 Å². The molecule has 3 heterocycles. The molecule has 1 aromatic carbocycles. The lowest BCUT2D eigenvalue weighted by atomic mass is 10.0. The van der Waals surface area contributed by atoms with Gasteiger partial charge in [0.25, 0.3) is 5.91 Å². The number of pyridine rings is 1. The second-order valence-corrected chi connectivity index (χ2v) is 7.96. The highest BCUT2D eigenvalue weighted by molar-refractivity contribution is 6.06. The summed E-state index contributed by atoms with van der Waals surface area (Å²) in [6.45, 7) is 4.64. The number of rotatable bonds is 8. The lowest BCUT2D eigenvalue weighted by molar-refractivity contribution is 0.0950. The van der Waals surface area contributed by atoms with Gasteiger partial charge in [0.05, 0.1) is 5.56 Å². The zero-order valence-electron chi connectivity index (χ0n) is 18.0. The van der Waals surface area contributed by atoms with Crippen molar-refractivity contribution in [1.29, 1.82) is 0 Å². The maximum Gasteiger partial charge on any atom is 0.253 e. The predicted octanol–water partition coefficient (Wildman–Crippen LogP) is 4.40. The van der Waals surface area contributed by atoms with Crippen LogP contribution in [0.1, 0.15) is 41.6 Å². The lowest BCUT2D eigenvalue weighted by Crippen LogP contribution is -2.28. The quantitative estimate of drug-likeness (QED) is 0.507. The number of methoxy groups -OCH3 is 1. The van der Waals surface area contributed by atoms with Crippen LogP contribution in [0.5, 0.6) is 0 Å². The van der Waals surface area contributed by atoms with Gasteiger partial charge >= 0.3 is 0 Å². The first-order valence-corrected chi connectivity index (χ1v) is 10.8. The number of amides is 1. The first kappa shape index (κ1) is 23.3. The van der Waals surface area contributed by atoms with E-state index in [0.29, 0.717) is 18.7 Å². The smallest absolute Gasteiger partial charge is 0.253 e. The number of hydrogen-bond donors (Lipinski definition) is 2. The van der Waals surface area contributed by atoms with Crippen LogP contribution in [0, 0.1) is 0 Å². The Hall–Kier alpha value is -2.41. The number of halogens is 1. The average molecular weight is 443 g/mol. The molecule has 0 atom stereocenters. The number of nitrogens with one attached hydrogen (secondary N) is 2. The second kappa shape index (κ2) is 11.3. The summed E-state index contributed by atoms with van der Waals surface area (Å²) in [4.78, 5) is 22.7. The van der Waals surface area contributed by atoms with Crippen LogP contribution in [0.25, 0.3) is 22.2 Å². The normalized spacial score (nSPS) is 14.4. The molecule has 6 nitrogen and oxygen atoms in total. The van der Waals surface area contributed by atoms with Crippen molar-refractivity contribution in [1.82, 2.24) is 20.2 Å².